The van der Waals surface area contributed by atoms with Crippen LogP contribution in [0.2, 0.25) is 0 Å². The van der Waals surface area contributed by atoms with Gasteiger partial charge in [0.1, 0.15) is 37.5 Å². The maximum Gasteiger partial charge on any atom is 0.313 e. The average molecular weight is 338 g/mol. The van der Waals surface area contributed by atoms with Crippen LogP contribution in [0.4, 0.5) is 0 Å². The first kappa shape index (κ1) is 19.8. The van der Waals surface area contributed by atoms with Gasteiger partial charge in [0.2, 0.25) is 0 Å². The van der Waals surface area contributed by atoms with Crippen LogP contribution < -0.4 is 4.74 Å². The molecule has 1 rings (SSSR count). The van der Waals surface area contributed by atoms with Crippen molar-refractivity contribution in [2.24, 2.45) is 0 Å². The second-order valence-electron chi connectivity index (χ2n) is 4.86. The van der Waals surface area contributed by atoms with Gasteiger partial charge in [0, 0.05) is 5.56 Å². The molecule has 0 radical (unpaired) electrons. The van der Waals surface area contributed by atoms with Crippen molar-refractivity contribution in [1.82, 2.24) is 0 Å². The molecule has 0 aliphatic heterocycles. The lowest BCUT2D eigenvalue weighted by Gasteiger charge is -2.08. The lowest BCUT2D eigenvalue weighted by atomic mass is 10.2. The minimum atomic E-state index is -0.541. The topological polar surface area (TPSA) is 88.1 Å². The SMILES string of the molecule is CC(=O)CC(=O)OCCOCCOCCOc1ccc(C=O)cc1. The molecule has 132 valence electrons. The van der Waals surface area contributed by atoms with E-state index in [4.69, 9.17) is 18.9 Å². The molecule has 1 aromatic rings. The van der Waals surface area contributed by atoms with E-state index in [1.807, 2.05) is 0 Å². The van der Waals surface area contributed by atoms with Crippen LogP contribution in [0.25, 0.3) is 0 Å². The molecule has 0 atom stereocenters. The van der Waals surface area contributed by atoms with E-state index in [1.165, 1.54) is 6.92 Å². The Morgan fingerprint density at radius 2 is 1.50 bits per heavy atom. The number of hydrogen-bond acceptors (Lipinski definition) is 7. The molecule has 0 N–H and O–H groups in total. The minimum absolute atomic E-state index is 0.117. The lowest BCUT2D eigenvalue weighted by Crippen LogP contribution is -2.15. The number of Topliss-reactive ketones (excluding diaryl/α,β-unsaturated/α-hetero) is 1. The summed E-state index contributed by atoms with van der Waals surface area (Å²) in [5.41, 5.74) is 0.600. The molecule has 0 heterocycles. The molecule has 0 spiro atoms. The monoisotopic (exact) mass is 338 g/mol. The number of carbonyl (C=O) groups is 3. The number of aldehydes is 1. The van der Waals surface area contributed by atoms with Gasteiger partial charge in [-0.05, 0) is 31.2 Å². The molecule has 0 aliphatic rings. The molecule has 0 bridgehead atoms. The van der Waals surface area contributed by atoms with Gasteiger partial charge in [0.05, 0.1) is 26.4 Å². The third-order valence-corrected chi connectivity index (χ3v) is 2.77. The summed E-state index contributed by atoms with van der Waals surface area (Å²) in [6.07, 6.45) is 0.568. The Hall–Kier alpha value is -2.25. The highest BCUT2D eigenvalue weighted by Gasteiger charge is 2.05. The summed E-state index contributed by atoms with van der Waals surface area (Å²) in [6.45, 7) is 3.28. The van der Waals surface area contributed by atoms with Crippen molar-refractivity contribution in [2.45, 2.75) is 13.3 Å². The summed E-state index contributed by atoms with van der Waals surface area (Å²) in [5.74, 6) is -0.0929. The third kappa shape index (κ3) is 9.70. The summed E-state index contributed by atoms with van der Waals surface area (Å²) in [4.78, 5) is 32.2. The molecule has 0 aromatic heterocycles. The van der Waals surface area contributed by atoms with E-state index < -0.39 is 5.97 Å². The molecular weight excluding hydrogens is 316 g/mol. The van der Waals surface area contributed by atoms with Crippen molar-refractivity contribution in [3.63, 3.8) is 0 Å². The highest BCUT2D eigenvalue weighted by atomic mass is 16.6. The number of hydrogen-bond donors (Lipinski definition) is 0. The van der Waals surface area contributed by atoms with Crippen LogP contribution in [0.3, 0.4) is 0 Å². The molecule has 0 unspecified atom stereocenters. The number of carbonyl (C=O) groups excluding carboxylic acids is 3. The largest absolute Gasteiger partial charge is 0.491 e. The Morgan fingerprint density at radius 3 is 2.08 bits per heavy atom. The average Bonchev–Trinajstić information content (AvgIpc) is 2.56. The predicted molar refractivity (Wildman–Crippen MR) is 85.2 cm³/mol. The molecular formula is C17H22O7. The van der Waals surface area contributed by atoms with Gasteiger partial charge < -0.3 is 18.9 Å². The molecule has 7 nitrogen and oxygen atoms in total. The summed E-state index contributed by atoms with van der Waals surface area (Å²) in [6, 6.07) is 6.81. The van der Waals surface area contributed by atoms with E-state index in [-0.39, 0.29) is 25.4 Å². The zero-order chi connectivity index (χ0) is 17.6. The fourth-order valence-corrected chi connectivity index (χ4v) is 1.65. The van der Waals surface area contributed by atoms with Gasteiger partial charge in [-0.15, -0.1) is 0 Å². The van der Waals surface area contributed by atoms with Gasteiger partial charge in [0.15, 0.2) is 0 Å². The van der Waals surface area contributed by atoms with E-state index in [0.29, 0.717) is 37.7 Å². The highest BCUT2D eigenvalue weighted by molar-refractivity contribution is 5.94. The summed E-state index contributed by atoms with van der Waals surface area (Å²) < 4.78 is 20.8. The lowest BCUT2D eigenvalue weighted by molar-refractivity contribution is -0.147. The number of benzene rings is 1. The molecule has 0 saturated heterocycles. The first-order valence-electron chi connectivity index (χ1n) is 7.60. The smallest absolute Gasteiger partial charge is 0.313 e. The first-order chi connectivity index (χ1) is 11.6. The summed E-state index contributed by atoms with van der Waals surface area (Å²) >= 11 is 0. The molecule has 24 heavy (non-hydrogen) atoms. The van der Waals surface area contributed by atoms with E-state index in [9.17, 15) is 14.4 Å². The second kappa shape index (κ2) is 12.2. The van der Waals surface area contributed by atoms with Crippen LogP contribution in [0.5, 0.6) is 5.75 Å². The normalized spacial score (nSPS) is 10.2. The van der Waals surface area contributed by atoms with Crippen molar-refractivity contribution in [3.05, 3.63) is 29.8 Å². The van der Waals surface area contributed by atoms with Crippen molar-refractivity contribution >= 4 is 18.0 Å². The van der Waals surface area contributed by atoms with Gasteiger partial charge in [0.25, 0.3) is 0 Å². The Labute approximate surface area is 140 Å². The van der Waals surface area contributed by atoms with Crippen molar-refractivity contribution in [2.75, 3.05) is 39.6 Å². The molecule has 0 saturated carbocycles. The van der Waals surface area contributed by atoms with Crippen LogP contribution in [-0.4, -0.2) is 57.7 Å². The third-order valence-electron chi connectivity index (χ3n) is 2.77. The number of ketones is 1. The van der Waals surface area contributed by atoms with Gasteiger partial charge in [-0.2, -0.15) is 0 Å². The zero-order valence-corrected chi connectivity index (χ0v) is 13.7. The highest BCUT2D eigenvalue weighted by Crippen LogP contribution is 2.10. The minimum Gasteiger partial charge on any atom is -0.491 e. The molecule has 0 fully saturated rings. The van der Waals surface area contributed by atoms with Crippen LogP contribution in [0.1, 0.15) is 23.7 Å². The van der Waals surface area contributed by atoms with E-state index in [2.05, 4.69) is 0 Å². The molecule has 0 amide bonds. The Kier molecular flexibility index (Phi) is 10.1. The van der Waals surface area contributed by atoms with Crippen molar-refractivity contribution in [1.29, 1.82) is 0 Å². The van der Waals surface area contributed by atoms with Gasteiger partial charge in [-0.25, -0.2) is 0 Å². The summed E-state index contributed by atoms with van der Waals surface area (Å²) in [7, 11) is 0. The molecule has 0 aliphatic carbocycles. The Morgan fingerprint density at radius 1 is 0.917 bits per heavy atom. The van der Waals surface area contributed by atoms with Gasteiger partial charge in [-0.3, -0.25) is 14.4 Å². The fourth-order valence-electron chi connectivity index (χ4n) is 1.65. The maximum absolute atomic E-state index is 11.1. The van der Waals surface area contributed by atoms with Crippen LogP contribution >= 0.6 is 0 Å². The number of rotatable bonds is 13. The quantitative estimate of drug-likeness (QED) is 0.233. The van der Waals surface area contributed by atoms with Gasteiger partial charge >= 0.3 is 5.97 Å². The zero-order valence-electron chi connectivity index (χ0n) is 13.7. The fraction of sp³-hybridized carbons (Fsp3) is 0.471. The molecule has 7 heteroatoms. The standard InChI is InChI=1S/C17H22O7/c1-14(19)12-17(20)24-11-9-22-7-6-21-8-10-23-16-4-2-15(13-18)3-5-16/h2-5,13H,6-12H2,1H3. The van der Waals surface area contributed by atoms with Crippen LogP contribution in [0, 0.1) is 0 Å². The predicted octanol–water partition coefficient (Wildman–Crippen LogP) is 1.43. The van der Waals surface area contributed by atoms with E-state index in [0.717, 1.165) is 6.29 Å². The van der Waals surface area contributed by atoms with Crippen LogP contribution in [0.15, 0.2) is 24.3 Å². The summed E-state index contributed by atoms with van der Waals surface area (Å²) in [5, 5.41) is 0. The Bertz CT molecular complexity index is 510. The number of esters is 1. The van der Waals surface area contributed by atoms with Crippen LogP contribution in [-0.2, 0) is 23.8 Å². The number of ether oxygens (including phenoxy) is 4. The van der Waals surface area contributed by atoms with E-state index in [1.54, 1.807) is 24.3 Å². The Balaban J connectivity index is 1.90. The van der Waals surface area contributed by atoms with Gasteiger partial charge in [-0.1, -0.05) is 0 Å². The second-order valence-corrected chi connectivity index (χ2v) is 4.86. The van der Waals surface area contributed by atoms with Crippen molar-refractivity contribution in [3.8, 4) is 5.75 Å². The maximum atomic E-state index is 11.1. The molecule has 1 aromatic carbocycles. The first-order valence-corrected chi connectivity index (χ1v) is 7.60. The van der Waals surface area contributed by atoms with Crippen molar-refractivity contribution < 1.29 is 33.3 Å². The van der Waals surface area contributed by atoms with E-state index >= 15 is 0 Å².